The molecule has 4 unspecified atom stereocenters. The lowest BCUT2D eigenvalue weighted by molar-refractivity contribution is -0.136. The third kappa shape index (κ3) is 3.65. The first-order valence-corrected chi connectivity index (χ1v) is 11.3. The number of carbonyl (C=O) groups is 3. The van der Waals surface area contributed by atoms with Crippen molar-refractivity contribution < 1.29 is 14.4 Å². The van der Waals surface area contributed by atoms with Gasteiger partial charge in [0.1, 0.15) is 6.04 Å². The molecule has 1 aliphatic carbocycles. The summed E-state index contributed by atoms with van der Waals surface area (Å²) in [6.45, 7) is 3.50. The first-order chi connectivity index (χ1) is 14.6. The Hall–Kier alpha value is -2.25. The molecule has 7 nitrogen and oxygen atoms in total. The molecule has 3 heterocycles. The number of piperidine rings is 2. The number of amides is 3. The summed E-state index contributed by atoms with van der Waals surface area (Å²) < 4.78 is 0. The predicted octanol–water partition coefficient (Wildman–Crippen LogP) is 1.32. The van der Waals surface area contributed by atoms with E-state index in [-0.39, 0.29) is 24.1 Å². The Labute approximate surface area is 177 Å². The van der Waals surface area contributed by atoms with Crippen LogP contribution in [0.15, 0.2) is 18.2 Å². The largest absolute Gasteiger partial charge is 0.322 e. The van der Waals surface area contributed by atoms with Crippen molar-refractivity contribution in [2.45, 2.75) is 63.7 Å². The van der Waals surface area contributed by atoms with E-state index in [4.69, 9.17) is 0 Å². The number of imide groups is 1. The molecule has 0 bridgehead atoms. The number of fused-ring (bicyclic) bond motifs is 2. The van der Waals surface area contributed by atoms with Crippen molar-refractivity contribution in [2.24, 2.45) is 11.8 Å². The Morgan fingerprint density at radius 1 is 1.07 bits per heavy atom. The summed E-state index contributed by atoms with van der Waals surface area (Å²) in [4.78, 5) is 38.4. The Morgan fingerprint density at radius 2 is 1.97 bits per heavy atom. The molecule has 3 N–H and O–H groups in total. The minimum atomic E-state index is -0.557. The van der Waals surface area contributed by atoms with Crippen LogP contribution in [0.2, 0.25) is 0 Å². The quantitative estimate of drug-likeness (QED) is 0.652. The van der Waals surface area contributed by atoms with Crippen molar-refractivity contribution in [3.05, 3.63) is 34.9 Å². The van der Waals surface area contributed by atoms with Crippen molar-refractivity contribution >= 4 is 17.7 Å². The lowest BCUT2D eigenvalue weighted by Crippen LogP contribution is -2.52. The van der Waals surface area contributed by atoms with Gasteiger partial charge in [0.15, 0.2) is 0 Å². The number of rotatable bonds is 4. The fraction of sp³-hybridized carbons (Fsp3) is 0.609. The molecular weight excluding hydrogens is 380 g/mol. The third-order valence-corrected chi connectivity index (χ3v) is 7.50. The van der Waals surface area contributed by atoms with E-state index in [0.717, 1.165) is 36.1 Å². The van der Waals surface area contributed by atoms with Gasteiger partial charge in [0, 0.05) is 31.1 Å². The first-order valence-electron chi connectivity index (χ1n) is 11.3. The van der Waals surface area contributed by atoms with Crippen LogP contribution in [0.25, 0.3) is 0 Å². The normalized spacial score (nSPS) is 31.3. The molecule has 5 rings (SSSR count). The standard InChI is InChI=1S/C23H30N4O3/c28-21-7-6-20(22(29)26-21)27-13-19-16(2-1-3-18(19)23(27)30)12-25-17-5-4-15-11-24-9-8-14(15)10-17/h1-3,14-15,17,20,24-25H,4-13H2,(H,26,28,29). The lowest BCUT2D eigenvalue weighted by atomic mass is 9.73. The molecule has 3 aliphatic heterocycles. The molecule has 0 radical (unpaired) electrons. The number of hydrogen-bond acceptors (Lipinski definition) is 5. The topological polar surface area (TPSA) is 90.5 Å². The van der Waals surface area contributed by atoms with Gasteiger partial charge in [0.25, 0.3) is 5.91 Å². The molecule has 0 aromatic heterocycles. The van der Waals surface area contributed by atoms with Crippen LogP contribution in [-0.4, -0.2) is 47.8 Å². The van der Waals surface area contributed by atoms with Crippen LogP contribution >= 0.6 is 0 Å². The van der Waals surface area contributed by atoms with Crippen LogP contribution in [0, 0.1) is 11.8 Å². The van der Waals surface area contributed by atoms with Gasteiger partial charge >= 0.3 is 0 Å². The molecule has 7 heteroatoms. The summed E-state index contributed by atoms with van der Waals surface area (Å²) in [7, 11) is 0. The van der Waals surface area contributed by atoms with Crippen molar-refractivity contribution in [3.63, 3.8) is 0 Å². The molecule has 1 aromatic rings. The Morgan fingerprint density at radius 3 is 2.83 bits per heavy atom. The molecule has 3 amide bonds. The number of nitrogens with zero attached hydrogens (tertiary/aromatic N) is 1. The maximum atomic E-state index is 13.0. The van der Waals surface area contributed by atoms with E-state index in [1.807, 2.05) is 12.1 Å². The minimum Gasteiger partial charge on any atom is -0.322 e. The molecule has 1 aromatic carbocycles. The van der Waals surface area contributed by atoms with E-state index in [1.54, 1.807) is 4.90 Å². The van der Waals surface area contributed by atoms with Crippen molar-refractivity contribution in [2.75, 3.05) is 13.1 Å². The Kier molecular flexibility index (Phi) is 5.33. The first kappa shape index (κ1) is 19.7. The molecule has 2 saturated heterocycles. The number of benzene rings is 1. The van der Waals surface area contributed by atoms with Gasteiger partial charge in [-0.25, -0.2) is 0 Å². The third-order valence-electron chi connectivity index (χ3n) is 7.50. The van der Waals surface area contributed by atoms with Crippen molar-refractivity contribution in [1.29, 1.82) is 0 Å². The van der Waals surface area contributed by atoms with Crippen LogP contribution in [0.1, 0.15) is 60.0 Å². The SMILES string of the molecule is O=C1CCC(N2Cc3c(CNC4CCC5CNCCC5C4)cccc3C2=O)C(=O)N1. The number of carbonyl (C=O) groups excluding carboxylic acids is 3. The highest BCUT2D eigenvalue weighted by molar-refractivity contribution is 6.05. The highest BCUT2D eigenvalue weighted by Crippen LogP contribution is 2.34. The highest BCUT2D eigenvalue weighted by Gasteiger charge is 2.40. The maximum absolute atomic E-state index is 13.0. The summed E-state index contributed by atoms with van der Waals surface area (Å²) in [5.41, 5.74) is 2.86. The summed E-state index contributed by atoms with van der Waals surface area (Å²) >= 11 is 0. The highest BCUT2D eigenvalue weighted by atomic mass is 16.2. The maximum Gasteiger partial charge on any atom is 0.255 e. The number of hydrogen-bond donors (Lipinski definition) is 3. The van der Waals surface area contributed by atoms with Gasteiger partial charge in [-0.3, -0.25) is 19.7 Å². The van der Waals surface area contributed by atoms with Gasteiger partial charge < -0.3 is 15.5 Å². The lowest BCUT2D eigenvalue weighted by Gasteiger charge is -2.40. The monoisotopic (exact) mass is 410 g/mol. The fourth-order valence-corrected chi connectivity index (χ4v) is 5.78. The van der Waals surface area contributed by atoms with Gasteiger partial charge in [0.05, 0.1) is 0 Å². The Bertz CT molecular complexity index is 870. The van der Waals surface area contributed by atoms with E-state index in [2.05, 4.69) is 22.0 Å². The van der Waals surface area contributed by atoms with Gasteiger partial charge in [-0.2, -0.15) is 0 Å². The zero-order valence-corrected chi connectivity index (χ0v) is 17.3. The van der Waals surface area contributed by atoms with Crippen LogP contribution in [0.3, 0.4) is 0 Å². The molecule has 3 fully saturated rings. The van der Waals surface area contributed by atoms with E-state index in [1.165, 1.54) is 32.2 Å². The Balaban J connectivity index is 1.25. The van der Waals surface area contributed by atoms with Crippen molar-refractivity contribution in [3.8, 4) is 0 Å². The van der Waals surface area contributed by atoms with Gasteiger partial charge in [-0.15, -0.1) is 0 Å². The molecular formula is C23H30N4O3. The zero-order chi connectivity index (χ0) is 20.7. The fourth-order valence-electron chi connectivity index (χ4n) is 5.78. The van der Waals surface area contributed by atoms with E-state index in [0.29, 0.717) is 24.6 Å². The molecule has 0 spiro atoms. The molecule has 160 valence electrons. The zero-order valence-electron chi connectivity index (χ0n) is 17.3. The van der Waals surface area contributed by atoms with Crippen molar-refractivity contribution in [1.82, 2.24) is 20.9 Å². The summed E-state index contributed by atoms with van der Waals surface area (Å²) in [6.07, 6.45) is 5.69. The molecule has 4 aliphatic rings. The van der Waals surface area contributed by atoms with E-state index in [9.17, 15) is 14.4 Å². The average molecular weight is 411 g/mol. The minimum absolute atomic E-state index is 0.100. The second kappa shape index (κ2) is 8.12. The second-order valence-corrected chi connectivity index (χ2v) is 9.25. The summed E-state index contributed by atoms with van der Waals surface area (Å²) in [6, 6.07) is 5.85. The second-order valence-electron chi connectivity index (χ2n) is 9.25. The predicted molar refractivity (Wildman–Crippen MR) is 111 cm³/mol. The van der Waals surface area contributed by atoms with Gasteiger partial charge in [-0.05, 0) is 74.2 Å². The van der Waals surface area contributed by atoms with Crippen LogP contribution in [-0.2, 0) is 22.7 Å². The van der Waals surface area contributed by atoms with E-state index >= 15 is 0 Å². The van der Waals surface area contributed by atoms with Crippen LogP contribution in [0.4, 0.5) is 0 Å². The van der Waals surface area contributed by atoms with Crippen LogP contribution in [0.5, 0.6) is 0 Å². The summed E-state index contributed by atoms with van der Waals surface area (Å²) in [5, 5.41) is 9.64. The molecule has 30 heavy (non-hydrogen) atoms. The molecule has 4 atom stereocenters. The molecule has 1 saturated carbocycles. The van der Waals surface area contributed by atoms with Crippen LogP contribution < -0.4 is 16.0 Å². The summed E-state index contributed by atoms with van der Waals surface area (Å²) in [5.74, 6) is 0.942. The average Bonchev–Trinajstić information content (AvgIpc) is 3.09. The van der Waals surface area contributed by atoms with Gasteiger partial charge in [0.2, 0.25) is 11.8 Å². The van der Waals surface area contributed by atoms with Gasteiger partial charge in [-0.1, -0.05) is 12.1 Å². The van der Waals surface area contributed by atoms with E-state index < -0.39 is 6.04 Å². The smallest absolute Gasteiger partial charge is 0.255 e. The number of nitrogens with one attached hydrogen (secondary N) is 3.